The van der Waals surface area contributed by atoms with Gasteiger partial charge in [-0.25, -0.2) is 0 Å². The van der Waals surface area contributed by atoms with Gasteiger partial charge in [0.1, 0.15) is 5.75 Å². The number of hydrogen-bond donors (Lipinski definition) is 0. The van der Waals surface area contributed by atoms with Crippen molar-refractivity contribution in [3.8, 4) is 17.0 Å². The van der Waals surface area contributed by atoms with Crippen molar-refractivity contribution in [1.82, 2.24) is 19.8 Å². The topological polar surface area (TPSA) is 52.3 Å². The van der Waals surface area contributed by atoms with Crippen molar-refractivity contribution >= 4 is 21.6 Å². The minimum absolute atomic E-state index is 0.00495. The van der Waals surface area contributed by atoms with Crippen molar-refractivity contribution in [1.29, 1.82) is 0 Å². The molecule has 0 amide bonds. The van der Waals surface area contributed by atoms with E-state index in [0.29, 0.717) is 32.4 Å². The van der Waals surface area contributed by atoms with Gasteiger partial charge in [-0.15, -0.1) is 10.2 Å². The Labute approximate surface area is 154 Å². The minimum Gasteiger partial charge on any atom is -0.459 e. The van der Waals surface area contributed by atoms with Gasteiger partial charge in [0.2, 0.25) is 5.85 Å². The van der Waals surface area contributed by atoms with Crippen molar-refractivity contribution in [2.75, 3.05) is 0 Å². The molecular formula is C16H13BrF4N4O. The molecular weight excluding hydrogens is 420 g/mol. The third-order valence-corrected chi connectivity index (χ3v) is 3.96. The fourth-order valence-electron chi connectivity index (χ4n) is 2.35. The first-order valence-electron chi connectivity index (χ1n) is 7.45. The number of aromatic nitrogens is 4. The summed E-state index contributed by atoms with van der Waals surface area (Å²) in [6.45, 7) is 2.54. The van der Waals surface area contributed by atoms with Crippen LogP contribution in [0.2, 0.25) is 0 Å². The number of alkyl halides is 5. The number of ether oxygens (including phenoxy) is 1. The van der Waals surface area contributed by atoms with Gasteiger partial charge in [-0.2, -0.15) is 27.2 Å². The molecule has 0 aliphatic rings. The molecule has 0 atom stereocenters. The van der Waals surface area contributed by atoms with Crippen LogP contribution in [0.1, 0.15) is 25.2 Å². The van der Waals surface area contributed by atoms with E-state index in [4.69, 9.17) is 4.74 Å². The summed E-state index contributed by atoms with van der Waals surface area (Å²) in [5.41, 5.74) is 1.51. The van der Waals surface area contributed by atoms with E-state index in [1.807, 2.05) is 0 Å². The SMILES string of the molecule is CC(C)(F)Oc1ccc(-c2nn3c(C(F)(F)F)nnc3cc2CBr)cc1. The maximum Gasteiger partial charge on any atom is 0.453 e. The second-order valence-corrected chi connectivity index (χ2v) is 6.49. The van der Waals surface area contributed by atoms with Gasteiger partial charge in [0.25, 0.3) is 5.82 Å². The lowest BCUT2D eigenvalue weighted by Gasteiger charge is -2.17. The molecule has 0 radical (unpaired) electrons. The second-order valence-electron chi connectivity index (χ2n) is 5.93. The van der Waals surface area contributed by atoms with E-state index < -0.39 is 17.9 Å². The second kappa shape index (κ2) is 6.49. The van der Waals surface area contributed by atoms with Crippen LogP contribution in [0.4, 0.5) is 17.6 Å². The van der Waals surface area contributed by atoms with E-state index >= 15 is 0 Å². The highest BCUT2D eigenvalue weighted by Gasteiger charge is 2.38. The predicted octanol–water partition coefficient (Wildman–Crippen LogP) is 4.79. The molecule has 0 saturated carbocycles. The maximum absolute atomic E-state index is 13.5. The molecule has 0 bridgehead atoms. The van der Waals surface area contributed by atoms with E-state index in [2.05, 4.69) is 31.2 Å². The summed E-state index contributed by atoms with van der Waals surface area (Å²) in [5.74, 6) is -2.75. The van der Waals surface area contributed by atoms with Crippen molar-refractivity contribution < 1.29 is 22.3 Å². The van der Waals surface area contributed by atoms with Crippen LogP contribution in [0.15, 0.2) is 30.3 Å². The van der Waals surface area contributed by atoms with Crippen LogP contribution in [0.3, 0.4) is 0 Å². The number of fused-ring (bicyclic) bond motifs is 1. The summed E-state index contributed by atoms with van der Waals surface area (Å²) >= 11 is 3.30. The average Bonchev–Trinajstić information content (AvgIpc) is 2.96. The summed E-state index contributed by atoms with van der Waals surface area (Å²) in [6, 6.07) is 7.72. The summed E-state index contributed by atoms with van der Waals surface area (Å²) in [5, 5.41) is 11.1. The summed E-state index contributed by atoms with van der Waals surface area (Å²) < 4.78 is 58.5. The first-order chi connectivity index (χ1) is 12.1. The fourth-order valence-corrected chi connectivity index (χ4v) is 2.78. The van der Waals surface area contributed by atoms with Crippen LogP contribution in [-0.2, 0) is 11.5 Å². The summed E-state index contributed by atoms with van der Waals surface area (Å²) in [6.07, 6.45) is -4.68. The fraction of sp³-hybridized carbons (Fsp3) is 0.312. The molecule has 2 aromatic heterocycles. The summed E-state index contributed by atoms with van der Waals surface area (Å²) in [7, 11) is 0. The highest BCUT2D eigenvalue weighted by atomic mass is 79.9. The zero-order valence-electron chi connectivity index (χ0n) is 13.7. The molecule has 0 aliphatic heterocycles. The van der Waals surface area contributed by atoms with Gasteiger partial charge < -0.3 is 4.74 Å². The van der Waals surface area contributed by atoms with Crippen molar-refractivity contribution in [3.05, 3.63) is 41.7 Å². The van der Waals surface area contributed by atoms with Crippen LogP contribution in [0, 0.1) is 0 Å². The molecule has 3 rings (SSSR count). The van der Waals surface area contributed by atoms with E-state index in [1.165, 1.54) is 32.0 Å². The zero-order valence-corrected chi connectivity index (χ0v) is 15.3. The largest absolute Gasteiger partial charge is 0.459 e. The molecule has 0 unspecified atom stereocenters. The molecule has 0 spiro atoms. The van der Waals surface area contributed by atoms with Crippen LogP contribution >= 0.6 is 15.9 Å². The van der Waals surface area contributed by atoms with Crippen molar-refractivity contribution in [3.63, 3.8) is 0 Å². The molecule has 10 heteroatoms. The molecule has 0 aliphatic carbocycles. The normalized spacial score (nSPS) is 12.6. The van der Waals surface area contributed by atoms with E-state index in [9.17, 15) is 17.6 Å². The lowest BCUT2D eigenvalue weighted by Crippen LogP contribution is -2.20. The average molecular weight is 433 g/mol. The van der Waals surface area contributed by atoms with Gasteiger partial charge in [0.05, 0.1) is 5.69 Å². The molecule has 5 nitrogen and oxygen atoms in total. The molecule has 0 N–H and O–H groups in total. The van der Waals surface area contributed by atoms with Crippen LogP contribution in [0.25, 0.3) is 16.9 Å². The van der Waals surface area contributed by atoms with Gasteiger partial charge in [-0.1, -0.05) is 15.9 Å². The third kappa shape index (κ3) is 3.79. The Morgan fingerprint density at radius 3 is 2.27 bits per heavy atom. The number of hydrogen-bond acceptors (Lipinski definition) is 4. The Bertz CT molecular complexity index is 932. The number of halogens is 5. The van der Waals surface area contributed by atoms with Gasteiger partial charge in [-0.3, -0.25) is 0 Å². The molecule has 2 heterocycles. The standard InChI is InChI=1S/C16H13BrF4N4O/c1-15(2,18)26-11-5-3-9(4-6-11)13-10(8-17)7-12-22-23-14(16(19,20)21)25(12)24-13/h3-7H,8H2,1-2H3. The Morgan fingerprint density at radius 2 is 1.73 bits per heavy atom. The molecule has 3 aromatic rings. The van der Waals surface area contributed by atoms with E-state index in [0.717, 1.165) is 0 Å². The smallest absolute Gasteiger partial charge is 0.453 e. The molecule has 0 fully saturated rings. The quantitative estimate of drug-likeness (QED) is 0.439. The lowest BCUT2D eigenvalue weighted by molar-refractivity contribution is -0.146. The number of nitrogens with zero attached hydrogens (tertiary/aromatic N) is 4. The zero-order chi connectivity index (χ0) is 19.1. The highest BCUT2D eigenvalue weighted by molar-refractivity contribution is 9.08. The monoisotopic (exact) mass is 432 g/mol. The molecule has 0 saturated heterocycles. The maximum atomic E-state index is 13.5. The van der Waals surface area contributed by atoms with Gasteiger partial charge in [0.15, 0.2) is 5.65 Å². The van der Waals surface area contributed by atoms with Gasteiger partial charge in [-0.05, 0) is 35.9 Å². The Morgan fingerprint density at radius 1 is 1.08 bits per heavy atom. The van der Waals surface area contributed by atoms with Gasteiger partial charge >= 0.3 is 6.18 Å². The molecule has 26 heavy (non-hydrogen) atoms. The first-order valence-corrected chi connectivity index (χ1v) is 8.57. The highest BCUT2D eigenvalue weighted by Crippen LogP contribution is 2.31. The van der Waals surface area contributed by atoms with Crippen molar-refractivity contribution in [2.24, 2.45) is 0 Å². The third-order valence-electron chi connectivity index (χ3n) is 3.36. The minimum atomic E-state index is -4.68. The Kier molecular flexibility index (Phi) is 4.63. The van der Waals surface area contributed by atoms with Gasteiger partial charge in [0, 0.05) is 24.7 Å². The molecule has 138 valence electrons. The van der Waals surface area contributed by atoms with E-state index in [-0.39, 0.29) is 5.65 Å². The number of rotatable bonds is 4. The first kappa shape index (κ1) is 18.6. The number of benzene rings is 1. The van der Waals surface area contributed by atoms with Crippen LogP contribution in [0.5, 0.6) is 5.75 Å². The van der Waals surface area contributed by atoms with E-state index in [1.54, 1.807) is 12.1 Å². The molecule has 1 aromatic carbocycles. The van der Waals surface area contributed by atoms with Crippen molar-refractivity contribution in [2.45, 2.75) is 31.2 Å². The predicted molar refractivity (Wildman–Crippen MR) is 89.7 cm³/mol. The Balaban J connectivity index is 2.08. The van der Waals surface area contributed by atoms with Crippen LogP contribution in [-0.4, -0.2) is 25.7 Å². The van der Waals surface area contributed by atoms with Crippen LogP contribution < -0.4 is 4.74 Å². The lowest BCUT2D eigenvalue weighted by atomic mass is 10.1. The Hall–Kier alpha value is -2.23. The summed E-state index contributed by atoms with van der Waals surface area (Å²) in [4.78, 5) is 0.